The van der Waals surface area contributed by atoms with Gasteiger partial charge in [-0.25, -0.2) is 13.2 Å². The van der Waals surface area contributed by atoms with Crippen LogP contribution in [0.4, 0.5) is 13.2 Å². The molecule has 4 nitrogen and oxygen atoms in total. The number of hydrogen-bond donors (Lipinski definition) is 1. The largest absolute Gasteiger partial charge is 0.494 e. The van der Waals surface area contributed by atoms with Gasteiger partial charge in [0.2, 0.25) is 0 Å². The van der Waals surface area contributed by atoms with E-state index < -0.39 is 23.4 Å². The van der Waals surface area contributed by atoms with E-state index >= 15 is 0 Å². The Balaban J connectivity index is 1.63. The first-order valence-corrected chi connectivity index (χ1v) is 11.2. The highest BCUT2D eigenvalue weighted by atomic mass is 19.2. The third-order valence-electron chi connectivity index (χ3n) is 5.53. The Morgan fingerprint density at radius 2 is 1.71 bits per heavy atom. The van der Waals surface area contributed by atoms with Crippen LogP contribution in [0, 0.1) is 17.5 Å². The van der Waals surface area contributed by atoms with Crippen LogP contribution in [-0.2, 0) is 17.8 Å². The highest BCUT2D eigenvalue weighted by Gasteiger charge is 2.17. The maximum Gasteiger partial charge on any atom is 0.307 e. The topological polar surface area (TPSA) is 49.8 Å². The molecule has 0 aliphatic carbocycles. The molecule has 0 unspecified atom stereocenters. The fraction of sp³-hybridized carbons (Fsp3) is 0.296. The summed E-state index contributed by atoms with van der Waals surface area (Å²) in [5, 5.41) is 8.94. The quantitative estimate of drug-likeness (QED) is 0.268. The van der Waals surface area contributed by atoms with Crippen molar-refractivity contribution in [1.29, 1.82) is 0 Å². The number of hydrogen-bond acceptors (Lipinski definition) is 3. The minimum Gasteiger partial charge on any atom is -0.494 e. The summed E-state index contributed by atoms with van der Waals surface area (Å²) in [5.74, 6) is -3.24. The average molecular weight is 472 g/mol. The first kappa shape index (κ1) is 25.3. The number of halogens is 3. The zero-order valence-corrected chi connectivity index (χ0v) is 19.0. The fourth-order valence-electron chi connectivity index (χ4n) is 3.83. The number of aliphatic carboxylic acids is 1. The first-order chi connectivity index (χ1) is 16.3. The molecule has 3 aromatic carbocycles. The molecule has 0 spiro atoms. The van der Waals surface area contributed by atoms with Crippen molar-refractivity contribution in [2.75, 3.05) is 19.7 Å². The lowest BCUT2D eigenvalue weighted by atomic mass is 10.0. The maximum absolute atomic E-state index is 14.3. The van der Waals surface area contributed by atoms with E-state index in [1.165, 1.54) is 0 Å². The lowest BCUT2D eigenvalue weighted by Gasteiger charge is -2.26. The highest BCUT2D eigenvalue weighted by Crippen LogP contribution is 2.21. The van der Waals surface area contributed by atoms with E-state index in [0.29, 0.717) is 43.5 Å². The lowest BCUT2D eigenvalue weighted by Crippen LogP contribution is -2.30. The molecule has 0 aliphatic heterocycles. The molecular weight excluding hydrogens is 443 g/mol. The van der Waals surface area contributed by atoms with E-state index in [-0.39, 0.29) is 24.4 Å². The zero-order chi connectivity index (χ0) is 24.5. The van der Waals surface area contributed by atoms with Gasteiger partial charge in [-0.1, -0.05) is 49.4 Å². The van der Waals surface area contributed by atoms with Gasteiger partial charge in [0, 0.05) is 31.3 Å². The van der Waals surface area contributed by atoms with Gasteiger partial charge in [-0.15, -0.1) is 0 Å². The predicted molar refractivity (Wildman–Crippen MR) is 124 cm³/mol. The Hall–Kier alpha value is -3.32. The summed E-state index contributed by atoms with van der Waals surface area (Å²) in [6.07, 6.45) is 0.526. The number of carboxylic acids is 1. The summed E-state index contributed by atoms with van der Waals surface area (Å²) < 4.78 is 47.1. The summed E-state index contributed by atoms with van der Waals surface area (Å²) in [4.78, 5) is 12.9. The van der Waals surface area contributed by atoms with Crippen molar-refractivity contribution in [3.05, 3.63) is 101 Å². The first-order valence-electron chi connectivity index (χ1n) is 11.2. The van der Waals surface area contributed by atoms with Crippen LogP contribution in [0.3, 0.4) is 0 Å². The third-order valence-corrected chi connectivity index (χ3v) is 5.53. The van der Waals surface area contributed by atoms with Gasteiger partial charge >= 0.3 is 5.97 Å². The SMILES string of the molecule is C[C@H](CN(CCCOc1cccc(CC(=O)O)c1)Cc1cc(F)c(F)cc1F)c1ccccc1. The second-order valence-electron chi connectivity index (χ2n) is 8.32. The summed E-state index contributed by atoms with van der Waals surface area (Å²) in [6.45, 7) is 3.71. The molecule has 0 heterocycles. The Morgan fingerprint density at radius 3 is 2.44 bits per heavy atom. The molecule has 0 aliphatic rings. The normalized spacial score (nSPS) is 12.0. The smallest absolute Gasteiger partial charge is 0.307 e. The number of nitrogens with zero attached hydrogens (tertiary/aromatic N) is 1. The molecule has 3 aromatic rings. The molecule has 34 heavy (non-hydrogen) atoms. The van der Waals surface area contributed by atoms with Gasteiger partial charge < -0.3 is 9.84 Å². The lowest BCUT2D eigenvalue weighted by molar-refractivity contribution is -0.136. The molecule has 0 saturated carbocycles. The highest BCUT2D eigenvalue weighted by molar-refractivity contribution is 5.70. The molecule has 0 amide bonds. The monoisotopic (exact) mass is 471 g/mol. The van der Waals surface area contributed by atoms with Crippen molar-refractivity contribution in [2.45, 2.75) is 32.2 Å². The van der Waals surface area contributed by atoms with Gasteiger partial charge in [-0.2, -0.15) is 0 Å². The van der Waals surface area contributed by atoms with Crippen LogP contribution in [0.15, 0.2) is 66.7 Å². The summed E-state index contributed by atoms with van der Waals surface area (Å²) >= 11 is 0. The van der Waals surface area contributed by atoms with E-state index in [4.69, 9.17) is 9.84 Å². The number of carbonyl (C=O) groups is 1. The number of carboxylic acid groups (broad SMARTS) is 1. The average Bonchev–Trinajstić information content (AvgIpc) is 2.80. The van der Waals surface area contributed by atoms with Crippen LogP contribution >= 0.6 is 0 Å². The number of benzene rings is 3. The molecule has 0 fully saturated rings. The Labute approximate surface area is 197 Å². The van der Waals surface area contributed by atoms with Crippen molar-refractivity contribution in [3.63, 3.8) is 0 Å². The zero-order valence-electron chi connectivity index (χ0n) is 19.0. The van der Waals surface area contributed by atoms with E-state index in [0.717, 1.165) is 11.6 Å². The third kappa shape index (κ3) is 7.63. The van der Waals surface area contributed by atoms with Crippen LogP contribution in [0.2, 0.25) is 0 Å². The molecule has 180 valence electrons. The summed E-state index contributed by atoms with van der Waals surface area (Å²) in [5.41, 5.74) is 1.88. The molecule has 0 bridgehead atoms. The van der Waals surface area contributed by atoms with E-state index in [1.807, 2.05) is 35.2 Å². The molecule has 3 rings (SSSR count). The van der Waals surface area contributed by atoms with E-state index in [9.17, 15) is 18.0 Å². The molecular formula is C27H28F3NO3. The van der Waals surface area contributed by atoms with Gasteiger partial charge in [0.15, 0.2) is 11.6 Å². The van der Waals surface area contributed by atoms with Crippen LogP contribution < -0.4 is 4.74 Å². The minimum absolute atomic E-state index is 0.0812. The van der Waals surface area contributed by atoms with Crippen molar-refractivity contribution >= 4 is 5.97 Å². The van der Waals surface area contributed by atoms with Gasteiger partial charge in [0.1, 0.15) is 11.6 Å². The molecule has 0 saturated heterocycles. The Morgan fingerprint density at radius 1 is 0.971 bits per heavy atom. The van der Waals surface area contributed by atoms with Crippen molar-refractivity contribution < 1.29 is 27.8 Å². The fourth-order valence-corrected chi connectivity index (χ4v) is 3.83. The van der Waals surface area contributed by atoms with Crippen LogP contribution in [0.25, 0.3) is 0 Å². The summed E-state index contributed by atoms with van der Waals surface area (Å²) in [7, 11) is 0. The van der Waals surface area contributed by atoms with Gasteiger partial charge in [0.05, 0.1) is 13.0 Å². The second-order valence-corrected chi connectivity index (χ2v) is 8.32. The van der Waals surface area contributed by atoms with Gasteiger partial charge in [0.25, 0.3) is 0 Å². The maximum atomic E-state index is 14.3. The standard InChI is InChI=1S/C27H28F3NO3/c1-19(21-8-3-2-4-9-21)17-31(18-22-15-25(29)26(30)16-24(22)28)11-6-12-34-23-10-5-7-20(13-23)14-27(32)33/h2-5,7-10,13,15-16,19H,6,11-12,14,17-18H2,1H3,(H,32,33)/t19-/m1/s1. The van der Waals surface area contributed by atoms with Crippen molar-refractivity contribution in [3.8, 4) is 5.75 Å². The van der Waals surface area contributed by atoms with Crippen LogP contribution in [0.5, 0.6) is 5.75 Å². The molecule has 7 heteroatoms. The number of ether oxygens (including phenoxy) is 1. The molecule has 1 N–H and O–H groups in total. The Bertz CT molecular complexity index is 1090. The van der Waals surface area contributed by atoms with Crippen molar-refractivity contribution in [2.24, 2.45) is 0 Å². The Kier molecular flexibility index (Phi) is 9.10. The molecule has 0 aromatic heterocycles. The van der Waals surface area contributed by atoms with Gasteiger partial charge in [-0.3, -0.25) is 9.69 Å². The predicted octanol–water partition coefficient (Wildman–Crippen LogP) is 5.81. The second kappa shape index (κ2) is 12.2. The van der Waals surface area contributed by atoms with Crippen LogP contribution in [0.1, 0.15) is 36.0 Å². The van der Waals surface area contributed by atoms with E-state index in [1.54, 1.807) is 24.3 Å². The van der Waals surface area contributed by atoms with Gasteiger partial charge in [-0.05, 0) is 41.7 Å². The number of rotatable bonds is 12. The van der Waals surface area contributed by atoms with Crippen LogP contribution in [-0.4, -0.2) is 35.7 Å². The summed E-state index contributed by atoms with van der Waals surface area (Å²) in [6, 6.07) is 18.3. The minimum atomic E-state index is -1.20. The molecule has 1 atom stereocenters. The van der Waals surface area contributed by atoms with Crippen molar-refractivity contribution in [1.82, 2.24) is 4.90 Å². The molecule has 0 radical (unpaired) electrons. The van der Waals surface area contributed by atoms with E-state index in [2.05, 4.69) is 6.92 Å².